The van der Waals surface area contributed by atoms with E-state index in [0.717, 1.165) is 36.6 Å². The smallest absolute Gasteiger partial charge is 0.291 e. The Kier molecular flexibility index (Phi) is 7.80. The molecule has 0 fully saturated rings. The van der Waals surface area contributed by atoms with Crippen LogP contribution in [0.5, 0.6) is 0 Å². The largest absolute Gasteiger partial charge is 0.439 e. The second kappa shape index (κ2) is 11.5. The van der Waals surface area contributed by atoms with E-state index in [4.69, 9.17) is 27.6 Å². The first-order valence-electron chi connectivity index (χ1n) is 13.8. The lowest BCUT2D eigenvalue weighted by atomic mass is 10.0. The van der Waals surface area contributed by atoms with E-state index in [-0.39, 0.29) is 11.8 Å². The zero-order valence-electron chi connectivity index (χ0n) is 23.6. The average Bonchev–Trinajstić information content (AvgIpc) is 3.66. The van der Waals surface area contributed by atoms with Crippen LogP contribution in [0.1, 0.15) is 40.4 Å². The molecule has 12 heteroatoms. The molecule has 2 aromatic heterocycles. The number of hydrogen-bond acceptors (Lipinski definition) is 7. The van der Waals surface area contributed by atoms with Crippen LogP contribution in [0.3, 0.4) is 0 Å². The number of rotatable bonds is 7. The molecule has 2 aliphatic rings. The number of carbonyl (C=O) groups excluding carboxylic acids is 2. The molecule has 2 aromatic carbocycles. The summed E-state index contributed by atoms with van der Waals surface area (Å²) in [4.78, 5) is 38.7. The van der Waals surface area contributed by atoms with Crippen LogP contribution < -0.4 is 10.6 Å². The van der Waals surface area contributed by atoms with Crippen molar-refractivity contribution in [2.75, 3.05) is 32.0 Å². The molecule has 0 radical (unpaired) electrons. The monoisotopic (exact) mass is 607 g/mol. The van der Waals surface area contributed by atoms with Crippen LogP contribution in [0.25, 0.3) is 22.6 Å². The minimum atomic E-state index is -0.339. The second-order valence-electron chi connectivity index (χ2n) is 10.6. The number of anilines is 1. The van der Waals surface area contributed by atoms with Crippen molar-refractivity contribution in [3.05, 3.63) is 75.1 Å². The van der Waals surface area contributed by atoms with Gasteiger partial charge in [0.15, 0.2) is 5.82 Å². The van der Waals surface area contributed by atoms with Crippen LogP contribution >= 0.6 is 23.2 Å². The molecular weight excluding hydrogens is 577 g/mol. The second-order valence-corrected chi connectivity index (χ2v) is 11.3. The fraction of sp³-hybridized carbons (Fsp3) is 0.333. The van der Waals surface area contributed by atoms with Crippen molar-refractivity contribution in [1.29, 1.82) is 0 Å². The first kappa shape index (κ1) is 28.4. The molecule has 0 bridgehead atoms. The molecule has 10 nitrogen and oxygen atoms in total. The highest BCUT2D eigenvalue weighted by Crippen LogP contribution is 2.42. The third kappa shape index (κ3) is 5.20. The molecule has 4 aromatic rings. The van der Waals surface area contributed by atoms with Crippen molar-refractivity contribution < 1.29 is 14.0 Å². The van der Waals surface area contributed by atoms with Gasteiger partial charge in [0, 0.05) is 43.4 Å². The molecule has 2 aliphatic heterocycles. The van der Waals surface area contributed by atoms with Gasteiger partial charge in [-0.2, -0.15) is 0 Å². The Morgan fingerprint density at radius 3 is 2.52 bits per heavy atom. The van der Waals surface area contributed by atoms with Gasteiger partial charge in [-0.1, -0.05) is 54.4 Å². The van der Waals surface area contributed by atoms with Crippen LogP contribution in [0.4, 0.5) is 5.69 Å². The number of halogens is 2. The Labute approximate surface area is 253 Å². The van der Waals surface area contributed by atoms with Crippen molar-refractivity contribution in [1.82, 2.24) is 29.7 Å². The first-order valence-corrected chi connectivity index (χ1v) is 14.6. The highest BCUT2D eigenvalue weighted by atomic mass is 35.5. The van der Waals surface area contributed by atoms with Crippen LogP contribution in [-0.2, 0) is 37.9 Å². The lowest BCUT2D eigenvalue weighted by molar-refractivity contribution is -0.132. The number of likely N-dealkylation sites (N-methyl/N-ethyl adjacent to an activating group) is 1. The Hall–Kier alpha value is -3.70. The zero-order chi connectivity index (χ0) is 29.5. The Morgan fingerprint density at radius 1 is 1.05 bits per heavy atom. The summed E-state index contributed by atoms with van der Waals surface area (Å²) in [5.41, 5.74) is 5.07. The summed E-state index contributed by atoms with van der Waals surface area (Å²) in [6.45, 7) is 5.42. The fourth-order valence-corrected chi connectivity index (χ4v) is 5.94. The third-order valence-electron chi connectivity index (χ3n) is 7.85. The number of imidazole rings is 1. The molecule has 2 N–H and O–H groups in total. The van der Waals surface area contributed by atoms with Gasteiger partial charge in [0.25, 0.3) is 5.91 Å². The number of fused-ring (bicyclic) bond motifs is 2. The van der Waals surface area contributed by atoms with Gasteiger partial charge in [0.2, 0.25) is 11.8 Å². The molecule has 0 saturated heterocycles. The maximum absolute atomic E-state index is 13.2. The summed E-state index contributed by atoms with van der Waals surface area (Å²) in [5, 5.41) is 6.98. The Morgan fingerprint density at radius 2 is 1.79 bits per heavy atom. The van der Waals surface area contributed by atoms with E-state index < -0.39 is 0 Å². The van der Waals surface area contributed by atoms with Crippen LogP contribution in [0.15, 0.2) is 40.8 Å². The molecule has 0 atom stereocenters. The lowest BCUT2D eigenvalue weighted by Crippen LogP contribution is -2.35. The predicted molar refractivity (Wildman–Crippen MR) is 161 cm³/mol. The number of benzene rings is 2. The predicted octanol–water partition coefficient (Wildman–Crippen LogP) is 4.74. The molecule has 218 valence electrons. The molecule has 4 heterocycles. The number of nitrogens with zero attached hydrogens (tertiary/aromatic N) is 5. The molecule has 0 unspecified atom stereocenters. The summed E-state index contributed by atoms with van der Waals surface area (Å²) in [6.07, 6.45) is 0.817. The van der Waals surface area contributed by atoms with E-state index in [0.29, 0.717) is 76.1 Å². The minimum absolute atomic E-state index is 0.0373. The molecule has 2 amide bonds. The Balaban J connectivity index is 1.23. The molecule has 6 rings (SSSR count). The number of aromatic nitrogens is 3. The van der Waals surface area contributed by atoms with Crippen molar-refractivity contribution in [2.24, 2.45) is 7.05 Å². The Bertz CT molecular complexity index is 1670. The molecule has 0 spiro atoms. The number of oxazole rings is 1. The number of amides is 2. The van der Waals surface area contributed by atoms with E-state index in [1.165, 1.54) is 0 Å². The summed E-state index contributed by atoms with van der Waals surface area (Å²) in [6, 6.07) is 11.0. The maximum atomic E-state index is 13.2. The summed E-state index contributed by atoms with van der Waals surface area (Å²) < 4.78 is 7.93. The van der Waals surface area contributed by atoms with Crippen LogP contribution in [-0.4, -0.2) is 62.8 Å². The van der Waals surface area contributed by atoms with E-state index in [9.17, 15) is 9.59 Å². The van der Waals surface area contributed by atoms with Gasteiger partial charge in [-0.15, -0.1) is 0 Å². The van der Waals surface area contributed by atoms with Gasteiger partial charge in [0.05, 0.1) is 46.6 Å². The van der Waals surface area contributed by atoms with Crippen LogP contribution in [0.2, 0.25) is 10.0 Å². The van der Waals surface area contributed by atoms with Gasteiger partial charge in [-0.3, -0.25) is 14.5 Å². The van der Waals surface area contributed by atoms with Gasteiger partial charge in [-0.25, -0.2) is 9.97 Å². The van der Waals surface area contributed by atoms with Gasteiger partial charge in [-0.05, 0) is 25.7 Å². The first-order chi connectivity index (χ1) is 20.2. The number of carbonyl (C=O) groups is 2. The van der Waals surface area contributed by atoms with Crippen molar-refractivity contribution >= 4 is 40.7 Å². The maximum Gasteiger partial charge on any atom is 0.291 e. The summed E-state index contributed by atoms with van der Waals surface area (Å²) in [7, 11) is 3.77. The molecule has 0 aliphatic carbocycles. The summed E-state index contributed by atoms with van der Waals surface area (Å²) in [5.74, 6) is 1.08. The van der Waals surface area contributed by atoms with Crippen molar-refractivity contribution in [3.8, 4) is 22.6 Å². The number of nitrogens with one attached hydrogen (secondary N) is 2. The van der Waals surface area contributed by atoms with Crippen molar-refractivity contribution in [2.45, 2.75) is 33.0 Å². The van der Waals surface area contributed by atoms with Gasteiger partial charge < -0.3 is 24.5 Å². The quantitative estimate of drug-likeness (QED) is 0.312. The zero-order valence-corrected chi connectivity index (χ0v) is 25.1. The standard InChI is InChI=1S/C30H31Cl2N7O3/c1-4-37(2)16-25(40)39-14-22-24(15-39)42-30(36-22)19-9-5-7-17(26(19)31)18-8-6-10-20(27(18)32)35-29(41)28-34-21-13-33-12-11-23(21)38(28)3/h5-10,33H,4,11-16H2,1-3H3,(H,35,41). The topological polar surface area (TPSA) is 109 Å². The molecule has 42 heavy (non-hydrogen) atoms. The number of hydrogen-bond donors (Lipinski definition) is 2. The van der Waals surface area contributed by atoms with Gasteiger partial charge >= 0.3 is 0 Å². The van der Waals surface area contributed by atoms with Gasteiger partial charge in [0.1, 0.15) is 11.5 Å². The summed E-state index contributed by atoms with van der Waals surface area (Å²) >= 11 is 13.8. The SMILES string of the molecule is CCN(C)CC(=O)N1Cc2nc(-c3cccc(-c4cccc(NC(=O)c5nc6c(n5C)CCNC6)c4Cl)c3Cl)oc2C1. The van der Waals surface area contributed by atoms with E-state index in [1.54, 1.807) is 11.0 Å². The van der Waals surface area contributed by atoms with E-state index in [1.807, 2.05) is 60.8 Å². The average molecular weight is 609 g/mol. The van der Waals surface area contributed by atoms with E-state index in [2.05, 4.69) is 20.6 Å². The minimum Gasteiger partial charge on any atom is -0.439 e. The van der Waals surface area contributed by atoms with Crippen LogP contribution in [0, 0.1) is 0 Å². The molecule has 0 saturated carbocycles. The molecular formula is C30H31Cl2N7O3. The highest BCUT2D eigenvalue weighted by Gasteiger charge is 2.30. The van der Waals surface area contributed by atoms with Crippen molar-refractivity contribution in [3.63, 3.8) is 0 Å². The fourth-order valence-electron chi connectivity index (χ4n) is 5.35. The third-order valence-corrected chi connectivity index (χ3v) is 8.66. The lowest BCUT2D eigenvalue weighted by Gasteiger charge is -2.19. The normalized spacial score (nSPS) is 14.3. The van der Waals surface area contributed by atoms with E-state index >= 15 is 0 Å². The highest BCUT2D eigenvalue weighted by molar-refractivity contribution is 6.39.